The molecule has 1 aliphatic heterocycles. The maximum atomic E-state index is 12.3. The number of hydrogen-bond acceptors (Lipinski definition) is 4. The molecule has 1 aliphatic rings. The lowest BCUT2D eigenvalue weighted by Gasteiger charge is -2.25. The average molecular weight is 304 g/mol. The summed E-state index contributed by atoms with van der Waals surface area (Å²) in [5.74, 6) is -0.893. The van der Waals surface area contributed by atoms with E-state index in [1.807, 2.05) is 58.0 Å². The summed E-state index contributed by atoms with van der Waals surface area (Å²) in [4.78, 5) is 24.5. The lowest BCUT2D eigenvalue weighted by Crippen LogP contribution is -2.35. The van der Waals surface area contributed by atoms with E-state index >= 15 is 0 Å². The smallest absolute Gasteiger partial charge is 0.338 e. The molecule has 2 rings (SSSR count). The summed E-state index contributed by atoms with van der Waals surface area (Å²) in [6.45, 7) is 7.64. The predicted octanol–water partition coefficient (Wildman–Crippen LogP) is 3.14. The van der Waals surface area contributed by atoms with Gasteiger partial charge in [0.1, 0.15) is 5.78 Å². The van der Waals surface area contributed by atoms with Gasteiger partial charge in [-0.05, 0) is 12.0 Å². The number of carbonyl (C=O) groups is 2. The molecule has 0 bridgehead atoms. The van der Waals surface area contributed by atoms with Gasteiger partial charge in [-0.25, -0.2) is 4.79 Å². The molecule has 2 unspecified atom stereocenters. The summed E-state index contributed by atoms with van der Waals surface area (Å²) in [5, 5.41) is 0. The molecular weight excluding hydrogens is 280 g/mol. The van der Waals surface area contributed by atoms with Crippen LogP contribution in [0.4, 0.5) is 0 Å². The van der Waals surface area contributed by atoms with Crippen molar-refractivity contribution in [2.24, 2.45) is 11.3 Å². The van der Waals surface area contributed by atoms with E-state index in [0.29, 0.717) is 12.8 Å². The highest BCUT2D eigenvalue weighted by Crippen LogP contribution is 2.33. The molecule has 0 aliphatic carbocycles. The Morgan fingerprint density at radius 2 is 1.86 bits per heavy atom. The molecule has 4 heteroatoms. The molecular formula is C18H24O4. The van der Waals surface area contributed by atoms with Gasteiger partial charge in [-0.1, -0.05) is 58.0 Å². The van der Waals surface area contributed by atoms with Gasteiger partial charge in [-0.3, -0.25) is 4.79 Å². The first-order valence-corrected chi connectivity index (χ1v) is 7.75. The fourth-order valence-corrected chi connectivity index (χ4v) is 2.55. The Morgan fingerprint density at radius 1 is 1.23 bits per heavy atom. The Hall–Kier alpha value is -1.68. The molecule has 120 valence electrons. The van der Waals surface area contributed by atoms with Gasteiger partial charge in [0.15, 0.2) is 6.10 Å². The zero-order valence-electron chi connectivity index (χ0n) is 13.7. The minimum Gasteiger partial charge on any atom is -0.433 e. The van der Waals surface area contributed by atoms with Gasteiger partial charge in [0.05, 0.1) is 5.92 Å². The SMILES string of the molecule is CCC(=O)C(Cc1ccccc1)C1O[C@H](C(C)(C)C)OC1=O. The van der Waals surface area contributed by atoms with Gasteiger partial charge >= 0.3 is 5.97 Å². The molecule has 0 radical (unpaired) electrons. The molecule has 1 saturated heterocycles. The van der Waals surface area contributed by atoms with Gasteiger partial charge in [0.2, 0.25) is 6.29 Å². The molecule has 1 aromatic rings. The molecule has 3 atom stereocenters. The Balaban J connectivity index is 2.19. The molecule has 0 amide bonds. The highest BCUT2D eigenvalue weighted by Gasteiger charge is 2.46. The van der Waals surface area contributed by atoms with Gasteiger partial charge in [-0.2, -0.15) is 0 Å². The van der Waals surface area contributed by atoms with Crippen LogP contribution >= 0.6 is 0 Å². The van der Waals surface area contributed by atoms with Crippen LogP contribution in [-0.4, -0.2) is 24.1 Å². The van der Waals surface area contributed by atoms with Crippen LogP contribution in [0.25, 0.3) is 0 Å². The second-order valence-corrected chi connectivity index (χ2v) is 6.81. The summed E-state index contributed by atoms with van der Waals surface area (Å²) >= 11 is 0. The highest BCUT2D eigenvalue weighted by atomic mass is 16.8. The van der Waals surface area contributed by atoms with Crippen LogP contribution in [-0.2, 0) is 25.5 Å². The van der Waals surface area contributed by atoms with E-state index in [1.54, 1.807) is 0 Å². The third kappa shape index (κ3) is 3.74. The van der Waals surface area contributed by atoms with E-state index in [-0.39, 0.29) is 11.2 Å². The largest absolute Gasteiger partial charge is 0.433 e. The maximum absolute atomic E-state index is 12.3. The summed E-state index contributed by atoms with van der Waals surface area (Å²) < 4.78 is 11.1. The second kappa shape index (κ2) is 6.61. The molecule has 1 aromatic carbocycles. The van der Waals surface area contributed by atoms with Crippen LogP contribution in [0.15, 0.2) is 30.3 Å². The van der Waals surface area contributed by atoms with E-state index in [9.17, 15) is 9.59 Å². The van der Waals surface area contributed by atoms with Crippen LogP contribution in [0.1, 0.15) is 39.7 Å². The van der Waals surface area contributed by atoms with Crippen molar-refractivity contribution in [1.29, 1.82) is 0 Å². The number of benzene rings is 1. The van der Waals surface area contributed by atoms with Crippen molar-refractivity contribution in [1.82, 2.24) is 0 Å². The summed E-state index contributed by atoms with van der Waals surface area (Å²) in [7, 11) is 0. The molecule has 0 spiro atoms. The third-order valence-corrected chi connectivity index (χ3v) is 3.86. The first-order valence-electron chi connectivity index (χ1n) is 7.75. The van der Waals surface area contributed by atoms with E-state index in [2.05, 4.69) is 0 Å². The summed E-state index contributed by atoms with van der Waals surface area (Å²) in [6, 6.07) is 9.69. The summed E-state index contributed by atoms with van der Waals surface area (Å²) in [5.41, 5.74) is 0.710. The molecule has 1 fully saturated rings. The molecule has 0 N–H and O–H groups in total. The monoisotopic (exact) mass is 304 g/mol. The molecule has 0 aromatic heterocycles. The van der Waals surface area contributed by atoms with E-state index in [1.165, 1.54) is 0 Å². The number of carbonyl (C=O) groups excluding carboxylic acids is 2. The quantitative estimate of drug-likeness (QED) is 0.784. The van der Waals surface area contributed by atoms with Gasteiger partial charge in [0.25, 0.3) is 0 Å². The zero-order valence-corrected chi connectivity index (χ0v) is 13.7. The van der Waals surface area contributed by atoms with Crippen molar-refractivity contribution in [2.75, 3.05) is 0 Å². The molecule has 1 heterocycles. The van der Waals surface area contributed by atoms with Gasteiger partial charge in [0, 0.05) is 11.8 Å². The van der Waals surface area contributed by atoms with Crippen LogP contribution in [0, 0.1) is 11.3 Å². The molecule has 22 heavy (non-hydrogen) atoms. The number of ketones is 1. The van der Waals surface area contributed by atoms with Crippen molar-refractivity contribution in [2.45, 2.75) is 52.9 Å². The Labute approximate surface area is 131 Å². The van der Waals surface area contributed by atoms with Crippen LogP contribution in [0.3, 0.4) is 0 Å². The van der Waals surface area contributed by atoms with Crippen LogP contribution in [0.2, 0.25) is 0 Å². The fourth-order valence-electron chi connectivity index (χ4n) is 2.55. The van der Waals surface area contributed by atoms with E-state index in [4.69, 9.17) is 9.47 Å². The Bertz CT molecular complexity index is 530. The van der Waals surface area contributed by atoms with Crippen LogP contribution < -0.4 is 0 Å². The third-order valence-electron chi connectivity index (χ3n) is 3.86. The molecule has 4 nitrogen and oxygen atoms in total. The van der Waals surface area contributed by atoms with Crippen LogP contribution in [0.5, 0.6) is 0 Å². The standard InChI is InChI=1S/C18H24O4/c1-5-14(19)13(11-12-9-7-6-8-10-12)15-16(20)22-17(21-15)18(2,3)4/h6-10,13,15,17H,5,11H2,1-4H3/t13?,15?,17-/m0/s1. The first-order chi connectivity index (χ1) is 10.3. The zero-order chi connectivity index (χ0) is 16.3. The lowest BCUT2D eigenvalue weighted by atomic mass is 9.89. The number of cyclic esters (lactones) is 1. The highest BCUT2D eigenvalue weighted by molar-refractivity contribution is 5.88. The minimum atomic E-state index is -0.808. The second-order valence-electron chi connectivity index (χ2n) is 6.81. The first kappa shape index (κ1) is 16.7. The van der Waals surface area contributed by atoms with Crippen molar-refractivity contribution in [3.63, 3.8) is 0 Å². The predicted molar refractivity (Wildman–Crippen MR) is 83.1 cm³/mol. The number of rotatable bonds is 5. The van der Waals surface area contributed by atoms with E-state index < -0.39 is 24.3 Å². The normalized spacial score (nSPS) is 23.2. The number of Topliss-reactive ketones (excluding diaryl/α,β-unsaturated/α-hetero) is 1. The Kier molecular flexibility index (Phi) is 5.01. The number of hydrogen-bond donors (Lipinski definition) is 0. The van der Waals surface area contributed by atoms with Crippen molar-refractivity contribution in [3.8, 4) is 0 Å². The fraction of sp³-hybridized carbons (Fsp3) is 0.556. The van der Waals surface area contributed by atoms with Crippen molar-refractivity contribution in [3.05, 3.63) is 35.9 Å². The lowest BCUT2D eigenvalue weighted by molar-refractivity contribution is -0.154. The van der Waals surface area contributed by atoms with Gasteiger partial charge < -0.3 is 9.47 Å². The Morgan fingerprint density at radius 3 is 2.36 bits per heavy atom. The summed E-state index contributed by atoms with van der Waals surface area (Å²) in [6.07, 6.45) is -0.542. The number of ether oxygens (including phenoxy) is 2. The van der Waals surface area contributed by atoms with Gasteiger partial charge in [-0.15, -0.1) is 0 Å². The van der Waals surface area contributed by atoms with Crippen molar-refractivity contribution >= 4 is 11.8 Å². The minimum absolute atomic E-state index is 0.0281. The van der Waals surface area contributed by atoms with E-state index in [0.717, 1.165) is 5.56 Å². The number of esters is 1. The average Bonchev–Trinajstić information content (AvgIpc) is 2.87. The topological polar surface area (TPSA) is 52.6 Å². The molecule has 0 saturated carbocycles. The maximum Gasteiger partial charge on any atom is 0.338 e. The van der Waals surface area contributed by atoms with Crippen molar-refractivity contribution < 1.29 is 19.1 Å².